The lowest BCUT2D eigenvalue weighted by Crippen LogP contribution is -2.28. The lowest BCUT2D eigenvalue weighted by Gasteiger charge is -2.22. The Labute approximate surface area is 606 Å². The van der Waals surface area contributed by atoms with Crippen molar-refractivity contribution in [3.8, 4) is 45.3 Å². The fourth-order valence-electron chi connectivity index (χ4n) is 19.0. The minimum Gasteiger partial charge on any atom is -0.309 e. The summed E-state index contributed by atoms with van der Waals surface area (Å²) in [5.74, 6) is 0. The predicted molar refractivity (Wildman–Crippen MR) is 444 cm³/mol. The average molecular weight is 1390 g/mol. The van der Waals surface area contributed by atoms with Crippen LogP contribution in [0.15, 0.2) is 352 Å². The van der Waals surface area contributed by atoms with Crippen molar-refractivity contribution in [3.05, 3.63) is 352 Å². The molecule has 2 aliphatic heterocycles. The summed E-state index contributed by atoms with van der Waals surface area (Å²) in [6.07, 6.45) is 0. The second kappa shape index (κ2) is 21.2. The molecular formula is C96H58N6O2P2. The van der Waals surface area contributed by atoms with E-state index in [4.69, 9.17) is 0 Å². The van der Waals surface area contributed by atoms with Crippen molar-refractivity contribution in [3.63, 3.8) is 0 Å². The lowest BCUT2D eigenvalue weighted by molar-refractivity contribution is 0.592. The van der Waals surface area contributed by atoms with E-state index >= 15 is 9.13 Å². The molecule has 106 heavy (non-hydrogen) atoms. The van der Waals surface area contributed by atoms with Gasteiger partial charge in [-0.2, -0.15) is 0 Å². The zero-order valence-corrected chi connectivity index (χ0v) is 58.7. The summed E-state index contributed by atoms with van der Waals surface area (Å²) in [6, 6.07) is 126. The number of hydrogen-bond acceptors (Lipinski definition) is 2. The van der Waals surface area contributed by atoms with Gasteiger partial charge < -0.3 is 36.5 Å². The van der Waals surface area contributed by atoms with Crippen LogP contribution in [-0.4, -0.2) is 27.4 Å². The van der Waals surface area contributed by atoms with E-state index in [9.17, 15) is 0 Å². The van der Waals surface area contributed by atoms with Gasteiger partial charge in [0.25, 0.3) is 0 Å². The van der Waals surface area contributed by atoms with E-state index in [0.29, 0.717) is 0 Å². The van der Waals surface area contributed by atoms with Crippen molar-refractivity contribution in [2.75, 3.05) is 0 Å². The first-order valence-corrected chi connectivity index (χ1v) is 39.6. The Bertz CT molecular complexity index is 6760. The quantitative estimate of drug-likeness (QED) is 0.142. The van der Waals surface area contributed by atoms with Crippen molar-refractivity contribution in [1.82, 2.24) is 27.4 Å². The summed E-state index contributed by atoms with van der Waals surface area (Å²) in [4.78, 5) is 0. The molecular weight excluding hydrogens is 1330 g/mol. The van der Waals surface area contributed by atoms with Crippen LogP contribution in [0.3, 0.4) is 0 Å². The standard InChI is InChI=1S/C96H58N6O2P2/c103-105(65-23-17-21-59(53-65)97-87-49-45-61(99-79-33-9-1-25-67(79)68-26-2-10-34-80(68)99)55-75(87)76-56-62(46-50-88(76)97)100-81-35-11-3-27-69(81)70-28-4-12-36-82(70)100)91-41-19-43-93-95(91)96-92(105)42-20-44-94(96)106(93,104)66-24-18-22-60(54-66)98-89-51-47-63(101-83-37-13-5-29-71(83)72-30-6-14-38-84(72)101)57-77(89)78-58-64(48-52-90(78)98)102-85-39-15-7-31-73(85)74-32-8-16-40-86(74)102/h1-58H. The number of nitrogens with zero attached hydrogens (tertiary/aromatic N) is 6. The Hall–Kier alpha value is -13.2. The maximum atomic E-state index is 17.2. The molecule has 0 amide bonds. The molecule has 10 heteroatoms. The van der Waals surface area contributed by atoms with E-state index < -0.39 is 14.3 Å². The van der Waals surface area contributed by atoms with Gasteiger partial charge in [0, 0.05) is 142 Å². The fourth-order valence-corrected chi connectivity index (χ4v) is 25.4. The topological polar surface area (TPSA) is 63.7 Å². The molecule has 0 radical (unpaired) electrons. The van der Waals surface area contributed by atoms with Crippen molar-refractivity contribution in [2.45, 2.75) is 0 Å². The maximum Gasteiger partial charge on any atom is 0.172 e. The number of hydrogen-bond donors (Lipinski definition) is 0. The Balaban J connectivity index is 0.661. The monoisotopic (exact) mass is 1390 g/mol. The minimum atomic E-state index is -3.61. The first kappa shape index (κ1) is 58.3. The second-order valence-corrected chi connectivity index (χ2v) is 34.0. The average Bonchev–Trinajstić information content (AvgIpc) is 1.50. The molecule has 0 bridgehead atoms. The van der Waals surface area contributed by atoms with Gasteiger partial charge in [0.1, 0.15) is 0 Å². The highest BCUT2D eigenvalue weighted by Crippen LogP contribution is 2.61. The van der Waals surface area contributed by atoms with Crippen LogP contribution in [0.4, 0.5) is 0 Å². The van der Waals surface area contributed by atoms with Crippen LogP contribution in [0.5, 0.6) is 0 Å². The molecule has 16 aromatic carbocycles. The zero-order chi connectivity index (χ0) is 69.4. The first-order valence-electron chi connectivity index (χ1n) is 36.2. The van der Waals surface area contributed by atoms with E-state index in [0.717, 1.165) is 165 Å². The third kappa shape index (κ3) is 7.58. The van der Waals surface area contributed by atoms with Gasteiger partial charge in [-0.25, -0.2) is 0 Å². The lowest BCUT2D eigenvalue weighted by atomic mass is 10.1. The number of benzene rings is 16. The highest BCUT2D eigenvalue weighted by atomic mass is 31.2. The molecule has 24 rings (SSSR count). The molecule has 2 aliphatic rings. The van der Waals surface area contributed by atoms with E-state index in [1.165, 1.54) is 43.1 Å². The van der Waals surface area contributed by atoms with E-state index in [1.54, 1.807) is 0 Å². The summed E-state index contributed by atoms with van der Waals surface area (Å²) < 4.78 is 48.7. The Morgan fingerprint density at radius 3 is 0.575 bits per heavy atom. The third-order valence-electron chi connectivity index (χ3n) is 23.4. The summed E-state index contributed by atoms with van der Waals surface area (Å²) in [5.41, 5.74) is 21.1. The highest BCUT2D eigenvalue weighted by Gasteiger charge is 2.52. The number of rotatable bonds is 8. The minimum absolute atomic E-state index is 0.728. The highest BCUT2D eigenvalue weighted by molar-refractivity contribution is 7.90. The molecule has 0 spiro atoms. The van der Waals surface area contributed by atoms with Crippen molar-refractivity contribution in [1.29, 1.82) is 0 Å². The predicted octanol–water partition coefficient (Wildman–Crippen LogP) is 21.8. The molecule has 0 atom stereocenters. The van der Waals surface area contributed by atoms with Gasteiger partial charge in [-0.3, -0.25) is 0 Å². The second-order valence-electron chi connectivity index (χ2n) is 28.6. The molecule has 0 unspecified atom stereocenters. The normalized spacial score (nSPS) is 13.7. The summed E-state index contributed by atoms with van der Waals surface area (Å²) in [5, 5.41) is 18.4. The van der Waals surface area contributed by atoms with Gasteiger partial charge >= 0.3 is 0 Å². The first-order chi connectivity index (χ1) is 52.4. The fraction of sp³-hybridized carbons (Fsp3) is 0. The van der Waals surface area contributed by atoms with Crippen LogP contribution in [0, 0.1) is 0 Å². The molecule has 22 aromatic rings. The van der Waals surface area contributed by atoms with Gasteiger partial charge in [-0.05, 0) is 146 Å². The van der Waals surface area contributed by atoms with Gasteiger partial charge in [0.05, 0.1) is 66.2 Å². The molecule has 8 nitrogen and oxygen atoms in total. The molecule has 0 N–H and O–H groups in total. The van der Waals surface area contributed by atoms with Crippen LogP contribution in [0.25, 0.3) is 176 Å². The summed E-state index contributed by atoms with van der Waals surface area (Å²) >= 11 is 0. The third-order valence-corrected chi connectivity index (χ3v) is 29.6. The molecule has 0 saturated carbocycles. The van der Waals surface area contributed by atoms with E-state index in [2.05, 4.69) is 331 Å². The van der Waals surface area contributed by atoms with Crippen molar-refractivity contribution < 1.29 is 9.13 Å². The number of para-hydroxylation sites is 8. The molecule has 6 aromatic heterocycles. The van der Waals surface area contributed by atoms with Crippen molar-refractivity contribution in [2.24, 2.45) is 0 Å². The SMILES string of the molecule is O=P1(c2cccc(-n3c4ccc(-n5c6ccccc6c6ccccc65)cc4c4cc(-n5c6ccccc6c6ccccc65)ccc43)c2)c2cccc3c2-c2c1cccc2P3(=O)c1cccc(-n2c3ccc(-n4c5ccccc5c5ccccc54)cc3c3cc(-n4c5ccccc5c5ccccc54)ccc32)c1. The van der Waals surface area contributed by atoms with Gasteiger partial charge in [0.15, 0.2) is 14.3 Å². The van der Waals surface area contributed by atoms with E-state index in [1.807, 2.05) is 48.5 Å². The Morgan fingerprint density at radius 2 is 0.349 bits per heavy atom. The Morgan fingerprint density at radius 1 is 0.160 bits per heavy atom. The number of fused-ring (bicyclic) bond motifs is 18. The van der Waals surface area contributed by atoms with Crippen LogP contribution in [-0.2, 0) is 9.13 Å². The maximum absolute atomic E-state index is 17.2. The molecule has 8 heterocycles. The molecule has 0 saturated heterocycles. The molecule has 494 valence electrons. The number of aromatic nitrogens is 6. The van der Waals surface area contributed by atoms with Gasteiger partial charge in [0.2, 0.25) is 0 Å². The van der Waals surface area contributed by atoms with Crippen LogP contribution >= 0.6 is 14.3 Å². The largest absolute Gasteiger partial charge is 0.309 e. The zero-order valence-electron chi connectivity index (χ0n) is 56.9. The van der Waals surface area contributed by atoms with Gasteiger partial charge in [-0.15, -0.1) is 0 Å². The van der Waals surface area contributed by atoms with Crippen molar-refractivity contribution >= 4 is 177 Å². The summed E-state index contributed by atoms with van der Waals surface area (Å²) in [6.45, 7) is 0. The molecule has 0 aliphatic carbocycles. The van der Waals surface area contributed by atoms with E-state index in [-0.39, 0.29) is 0 Å². The van der Waals surface area contributed by atoms with Gasteiger partial charge in [-0.1, -0.05) is 206 Å². The molecule has 0 fully saturated rings. The summed E-state index contributed by atoms with van der Waals surface area (Å²) in [7, 11) is -7.23. The van der Waals surface area contributed by atoms with Crippen LogP contribution in [0.1, 0.15) is 0 Å². The van der Waals surface area contributed by atoms with Crippen LogP contribution in [0.2, 0.25) is 0 Å². The van der Waals surface area contributed by atoms with Crippen LogP contribution < -0.4 is 31.8 Å². The smallest absolute Gasteiger partial charge is 0.172 e. The Kier molecular flexibility index (Phi) is 11.7.